The van der Waals surface area contributed by atoms with Gasteiger partial charge < -0.3 is 15.0 Å². The van der Waals surface area contributed by atoms with Gasteiger partial charge >= 0.3 is 5.69 Å². The third-order valence-electron chi connectivity index (χ3n) is 5.71. The molecule has 5 aromatic rings. The molecule has 0 spiro atoms. The van der Waals surface area contributed by atoms with Crippen LogP contribution in [-0.4, -0.2) is 57.5 Å². The van der Waals surface area contributed by atoms with Crippen LogP contribution in [0.4, 0.5) is 5.95 Å². The maximum absolute atomic E-state index is 11.5. The Hall–Kier alpha value is -4.74. The Morgan fingerprint density at radius 2 is 2.03 bits per heavy atom. The largest absolute Gasteiger partial charge is 0.493 e. The van der Waals surface area contributed by atoms with Crippen molar-refractivity contribution < 1.29 is 5.11 Å². The summed E-state index contributed by atoms with van der Waals surface area (Å²) in [5.41, 5.74) is 2.81. The SMILES string of the molecule is CN(Cc1ccc(-n2cccn2)cc1)c1nc(=NC2CC2)n2ncc(=Cc3[nH]c(=O)[nH]c3O)c2n1. The molecule has 1 aliphatic carbocycles. The summed E-state index contributed by atoms with van der Waals surface area (Å²) < 4.78 is 3.39. The minimum atomic E-state index is -0.497. The average molecular weight is 470 g/mol. The van der Waals surface area contributed by atoms with Crippen molar-refractivity contribution in [3.63, 3.8) is 0 Å². The molecule has 35 heavy (non-hydrogen) atoms. The summed E-state index contributed by atoms with van der Waals surface area (Å²) >= 11 is 0. The number of nitrogens with one attached hydrogen (secondary N) is 2. The normalized spacial score (nSPS) is 14.8. The van der Waals surface area contributed by atoms with Gasteiger partial charge in [-0.2, -0.15) is 24.7 Å². The smallest absolute Gasteiger partial charge is 0.326 e. The lowest BCUT2D eigenvalue weighted by Gasteiger charge is -2.17. The van der Waals surface area contributed by atoms with Crippen molar-refractivity contribution in [2.75, 3.05) is 11.9 Å². The van der Waals surface area contributed by atoms with Crippen LogP contribution in [0.2, 0.25) is 0 Å². The lowest BCUT2D eigenvalue weighted by Crippen LogP contribution is -2.28. The van der Waals surface area contributed by atoms with Gasteiger partial charge in [-0.15, -0.1) is 0 Å². The number of fused-ring (bicyclic) bond motifs is 1. The zero-order valence-corrected chi connectivity index (χ0v) is 18.8. The minimum Gasteiger partial charge on any atom is -0.493 e. The molecule has 1 aliphatic rings. The van der Waals surface area contributed by atoms with E-state index in [1.54, 1.807) is 23.0 Å². The highest BCUT2D eigenvalue weighted by Crippen LogP contribution is 2.22. The molecule has 6 rings (SSSR count). The molecule has 1 fully saturated rings. The molecule has 4 heterocycles. The first kappa shape index (κ1) is 20.8. The van der Waals surface area contributed by atoms with Crippen LogP contribution in [0.25, 0.3) is 17.4 Å². The highest BCUT2D eigenvalue weighted by Gasteiger charge is 2.21. The predicted molar refractivity (Wildman–Crippen MR) is 127 cm³/mol. The zero-order valence-electron chi connectivity index (χ0n) is 18.8. The summed E-state index contributed by atoms with van der Waals surface area (Å²) in [4.78, 5) is 32.5. The van der Waals surface area contributed by atoms with Crippen LogP contribution < -0.4 is 21.4 Å². The molecule has 0 amide bonds. The number of nitrogens with zero attached hydrogens (tertiary/aromatic N) is 8. The van der Waals surface area contributed by atoms with E-state index in [4.69, 9.17) is 9.98 Å². The van der Waals surface area contributed by atoms with Crippen molar-refractivity contribution >= 4 is 17.7 Å². The fourth-order valence-corrected chi connectivity index (χ4v) is 3.76. The third kappa shape index (κ3) is 4.16. The standard InChI is InChI=1S/C23H22N10O2/c1-31(13-14-3-7-17(8-4-14)32-10-2-9-24-32)21-28-19-15(11-18-20(34)29-23(35)27-18)12-25-33(19)22(30-21)26-16-5-6-16/h2-4,7-12,16,34H,5-6,13H2,1H3,(H2,27,29,35). The summed E-state index contributed by atoms with van der Waals surface area (Å²) in [5, 5.41) is 19.2. The van der Waals surface area contributed by atoms with Crippen LogP contribution in [0.3, 0.4) is 0 Å². The molecule has 3 N–H and O–H groups in total. The second kappa shape index (κ2) is 8.24. The number of H-pyrrole nitrogens is 2. The van der Waals surface area contributed by atoms with Gasteiger partial charge in [0.2, 0.25) is 11.8 Å². The summed E-state index contributed by atoms with van der Waals surface area (Å²) in [6.07, 6.45) is 8.92. The van der Waals surface area contributed by atoms with Crippen LogP contribution in [-0.2, 0) is 6.54 Å². The van der Waals surface area contributed by atoms with Crippen molar-refractivity contribution in [3.05, 3.63) is 81.5 Å². The van der Waals surface area contributed by atoms with Gasteiger partial charge in [0.05, 0.1) is 17.9 Å². The van der Waals surface area contributed by atoms with E-state index in [1.807, 2.05) is 53.2 Å². The number of aromatic amines is 2. The second-order valence-corrected chi connectivity index (χ2v) is 8.48. The Balaban J connectivity index is 1.38. The Labute approximate surface area is 197 Å². The van der Waals surface area contributed by atoms with Crippen LogP contribution in [0, 0.1) is 0 Å². The van der Waals surface area contributed by atoms with Crippen LogP contribution in [0.1, 0.15) is 24.1 Å². The molecule has 0 radical (unpaired) electrons. The maximum Gasteiger partial charge on any atom is 0.326 e. The molecular weight excluding hydrogens is 448 g/mol. The molecule has 1 aromatic carbocycles. The highest BCUT2D eigenvalue weighted by molar-refractivity contribution is 5.57. The molecule has 0 bridgehead atoms. The first-order valence-corrected chi connectivity index (χ1v) is 11.2. The molecule has 0 atom stereocenters. The van der Waals surface area contributed by atoms with Crippen molar-refractivity contribution in [1.29, 1.82) is 0 Å². The summed E-state index contributed by atoms with van der Waals surface area (Å²) in [6, 6.07) is 10.2. The topological polar surface area (TPSA) is 145 Å². The Morgan fingerprint density at radius 3 is 2.71 bits per heavy atom. The van der Waals surface area contributed by atoms with Crippen molar-refractivity contribution in [2.24, 2.45) is 4.99 Å². The van der Waals surface area contributed by atoms with E-state index in [9.17, 15) is 9.90 Å². The molecule has 1 saturated carbocycles. The Kier molecular flexibility index (Phi) is 4.90. The van der Waals surface area contributed by atoms with Gasteiger partial charge in [-0.05, 0) is 42.7 Å². The molecule has 0 aliphatic heterocycles. The van der Waals surface area contributed by atoms with E-state index in [0.29, 0.717) is 29.0 Å². The maximum atomic E-state index is 11.5. The number of aromatic hydroxyl groups is 1. The number of hydrogen-bond donors (Lipinski definition) is 3. The minimum absolute atomic E-state index is 0.239. The monoisotopic (exact) mass is 470 g/mol. The lowest BCUT2D eigenvalue weighted by atomic mass is 10.2. The summed E-state index contributed by atoms with van der Waals surface area (Å²) in [5.74, 6) is 0.247. The lowest BCUT2D eigenvalue weighted by molar-refractivity contribution is 0.454. The molecule has 0 saturated heterocycles. The zero-order chi connectivity index (χ0) is 23.9. The van der Waals surface area contributed by atoms with E-state index >= 15 is 0 Å². The van der Waals surface area contributed by atoms with Crippen LogP contribution >= 0.6 is 0 Å². The predicted octanol–water partition coefficient (Wildman–Crippen LogP) is 0.279. The molecule has 0 unspecified atom stereocenters. The van der Waals surface area contributed by atoms with Crippen molar-refractivity contribution in [2.45, 2.75) is 25.4 Å². The van der Waals surface area contributed by atoms with Gasteiger partial charge in [0, 0.05) is 31.2 Å². The van der Waals surface area contributed by atoms with E-state index in [0.717, 1.165) is 24.1 Å². The first-order chi connectivity index (χ1) is 17.0. The van der Waals surface area contributed by atoms with Gasteiger partial charge in [-0.3, -0.25) is 4.98 Å². The Morgan fingerprint density at radius 1 is 1.20 bits per heavy atom. The van der Waals surface area contributed by atoms with E-state index in [-0.39, 0.29) is 17.6 Å². The third-order valence-corrected chi connectivity index (χ3v) is 5.71. The van der Waals surface area contributed by atoms with Gasteiger partial charge in [0.1, 0.15) is 5.69 Å². The number of aromatic nitrogens is 8. The fraction of sp³-hybridized carbons (Fsp3) is 0.217. The number of imidazole rings is 1. The molecular formula is C23H22N10O2. The Bertz CT molecular complexity index is 1680. The average Bonchev–Trinajstić information content (AvgIpc) is 3.20. The van der Waals surface area contributed by atoms with E-state index in [1.165, 1.54) is 0 Å². The quantitative estimate of drug-likeness (QED) is 0.323. The number of hydrogen-bond acceptors (Lipinski definition) is 8. The first-order valence-electron chi connectivity index (χ1n) is 11.2. The van der Waals surface area contributed by atoms with Gasteiger partial charge in [-0.25, -0.2) is 14.5 Å². The summed E-state index contributed by atoms with van der Waals surface area (Å²) in [7, 11) is 1.92. The molecule has 12 heteroatoms. The van der Waals surface area contributed by atoms with Crippen LogP contribution in [0.5, 0.6) is 5.88 Å². The number of rotatable bonds is 6. The van der Waals surface area contributed by atoms with Crippen molar-refractivity contribution in [3.8, 4) is 11.6 Å². The second-order valence-electron chi connectivity index (χ2n) is 8.48. The number of benzene rings is 1. The van der Waals surface area contributed by atoms with E-state index in [2.05, 4.69) is 25.1 Å². The molecule has 4 aromatic heterocycles. The number of anilines is 1. The van der Waals surface area contributed by atoms with Gasteiger partial charge in [-0.1, -0.05) is 12.1 Å². The summed E-state index contributed by atoms with van der Waals surface area (Å²) in [6.45, 7) is 0.581. The highest BCUT2D eigenvalue weighted by atomic mass is 16.3. The fourth-order valence-electron chi connectivity index (χ4n) is 3.76. The van der Waals surface area contributed by atoms with Gasteiger partial charge in [0.15, 0.2) is 5.65 Å². The molecule has 176 valence electrons. The van der Waals surface area contributed by atoms with Crippen molar-refractivity contribution in [1.82, 2.24) is 39.3 Å². The van der Waals surface area contributed by atoms with Crippen LogP contribution in [0.15, 0.2) is 58.7 Å². The van der Waals surface area contributed by atoms with Gasteiger partial charge in [0.25, 0.3) is 5.62 Å². The molecule has 12 nitrogen and oxygen atoms in total. The van der Waals surface area contributed by atoms with E-state index < -0.39 is 5.69 Å².